The average Bonchev–Trinajstić information content (AvgIpc) is 2.69. The summed E-state index contributed by atoms with van der Waals surface area (Å²) in [6.45, 7) is 16.0. The van der Waals surface area contributed by atoms with E-state index in [-0.39, 0.29) is 17.0 Å². The molecule has 1 heterocycles. The van der Waals surface area contributed by atoms with Gasteiger partial charge in [0.2, 0.25) is 0 Å². The Hall–Kier alpha value is -3.06. The second kappa shape index (κ2) is 8.59. The van der Waals surface area contributed by atoms with Crippen molar-refractivity contribution in [2.45, 2.75) is 66.3 Å². The lowest BCUT2D eigenvalue weighted by Crippen LogP contribution is -2.48. The van der Waals surface area contributed by atoms with Gasteiger partial charge >= 0.3 is 0 Å². The fraction of sp³-hybridized carbons (Fsp3) is 0.407. The summed E-state index contributed by atoms with van der Waals surface area (Å²) in [5.41, 5.74) is 7.60. The fourth-order valence-corrected chi connectivity index (χ4v) is 4.79. The summed E-state index contributed by atoms with van der Waals surface area (Å²) in [5, 5.41) is 12.6. The lowest BCUT2D eigenvalue weighted by atomic mass is 9.79. The van der Waals surface area contributed by atoms with E-state index in [1.165, 1.54) is 11.3 Å². The number of carbonyl (C=O) groups excluding carboxylic acids is 1. The van der Waals surface area contributed by atoms with Crippen molar-refractivity contribution in [3.8, 4) is 6.07 Å². The molecule has 0 saturated heterocycles. The smallest absolute Gasteiger partial charge is 0.266 e. The number of rotatable bonds is 4. The minimum atomic E-state index is -0.377. The predicted octanol–water partition coefficient (Wildman–Crippen LogP) is 6.27. The topological polar surface area (TPSA) is 56.1 Å². The van der Waals surface area contributed by atoms with Gasteiger partial charge in [-0.2, -0.15) is 5.26 Å². The van der Waals surface area contributed by atoms with Gasteiger partial charge in [0.1, 0.15) is 11.6 Å². The normalized spacial score (nSPS) is 17.7. The molecule has 1 aliphatic heterocycles. The van der Waals surface area contributed by atoms with Crippen LogP contribution in [-0.2, 0) is 4.79 Å². The highest BCUT2D eigenvalue weighted by Crippen LogP contribution is 2.44. The zero-order valence-corrected chi connectivity index (χ0v) is 19.8. The van der Waals surface area contributed by atoms with E-state index in [4.69, 9.17) is 0 Å². The Labute approximate surface area is 186 Å². The second-order valence-corrected chi connectivity index (χ2v) is 9.30. The van der Waals surface area contributed by atoms with Crippen molar-refractivity contribution in [3.63, 3.8) is 0 Å². The molecule has 2 aromatic carbocycles. The molecule has 162 valence electrons. The zero-order valence-electron chi connectivity index (χ0n) is 19.8. The maximum absolute atomic E-state index is 12.8. The lowest BCUT2D eigenvalue weighted by Gasteiger charge is -2.47. The molecule has 0 aliphatic carbocycles. The first kappa shape index (κ1) is 22.6. The Morgan fingerprint density at radius 2 is 1.97 bits per heavy atom. The van der Waals surface area contributed by atoms with Crippen LogP contribution >= 0.6 is 0 Å². The Bertz CT molecular complexity index is 1090. The SMILES string of the molecule is CCN1c2cc(C)c(/C=C(/C#N)C(=O)Nc3cccc(C)c3C)cc2[C@@H](C)CC1(C)C. The van der Waals surface area contributed by atoms with Gasteiger partial charge in [0, 0.05) is 23.5 Å². The molecule has 0 bridgehead atoms. The highest BCUT2D eigenvalue weighted by atomic mass is 16.1. The van der Waals surface area contributed by atoms with E-state index in [0.29, 0.717) is 5.92 Å². The Kier molecular flexibility index (Phi) is 6.27. The van der Waals surface area contributed by atoms with E-state index in [9.17, 15) is 10.1 Å². The molecule has 0 aromatic heterocycles. The molecule has 0 spiro atoms. The summed E-state index contributed by atoms with van der Waals surface area (Å²) in [6, 6.07) is 12.2. The number of carbonyl (C=O) groups is 1. The van der Waals surface area contributed by atoms with Crippen LogP contribution in [0.25, 0.3) is 6.08 Å². The molecule has 0 fully saturated rings. The van der Waals surface area contributed by atoms with Crippen LogP contribution in [0.4, 0.5) is 11.4 Å². The van der Waals surface area contributed by atoms with E-state index >= 15 is 0 Å². The standard InChI is InChI=1S/C27H33N3O/c1-8-30-25-12-18(3)21(14-23(25)19(4)15-27(30,6)7)13-22(16-28)26(31)29-24-11-9-10-17(2)20(24)5/h9-14,19H,8,15H2,1-7H3,(H,29,31)/b22-13-/t19-/m0/s1. The van der Waals surface area contributed by atoms with Crippen LogP contribution in [0.5, 0.6) is 0 Å². The van der Waals surface area contributed by atoms with Crippen LogP contribution in [0.1, 0.15) is 67.9 Å². The molecule has 4 nitrogen and oxygen atoms in total. The van der Waals surface area contributed by atoms with E-state index < -0.39 is 0 Å². The number of hydrogen-bond donors (Lipinski definition) is 1. The number of anilines is 2. The van der Waals surface area contributed by atoms with Gasteiger partial charge in [-0.25, -0.2) is 0 Å². The van der Waals surface area contributed by atoms with E-state index in [1.807, 2.05) is 39.0 Å². The molecular formula is C27H33N3O. The van der Waals surface area contributed by atoms with Gasteiger partial charge in [0.15, 0.2) is 0 Å². The molecule has 0 saturated carbocycles. The van der Waals surface area contributed by atoms with Crippen LogP contribution in [0.15, 0.2) is 35.9 Å². The van der Waals surface area contributed by atoms with E-state index in [0.717, 1.165) is 40.9 Å². The third kappa shape index (κ3) is 4.37. The Morgan fingerprint density at radius 3 is 2.61 bits per heavy atom. The predicted molar refractivity (Wildman–Crippen MR) is 129 cm³/mol. The van der Waals surface area contributed by atoms with Crippen LogP contribution in [-0.4, -0.2) is 18.0 Å². The van der Waals surface area contributed by atoms with Crippen molar-refractivity contribution in [2.75, 3.05) is 16.8 Å². The van der Waals surface area contributed by atoms with Gasteiger partial charge in [0.05, 0.1) is 0 Å². The van der Waals surface area contributed by atoms with E-state index in [2.05, 4.69) is 56.1 Å². The molecule has 31 heavy (non-hydrogen) atoms. The monoisotopic (exact) mass is 415 g/mol. The molecule has 2 aromatic rings. The summed E-state index contributed by atoms with van der Waals surface area (Å²) in [7, 11) is 0. The van der Waals surface area contributed by atoms with Gasteiger partial charge in [-0.1, -0.05) is 19.1 Å². The van der Waals surface area contributed by atoms with Gasteiger partial charge in [0.25, 0.3) is 5.91 Å². The molecule has 4 heteroatoms. The van der Waals surface area contributed by atoms with Crippen molar-refractivity contribution in [3.05, 3.63) is 63.7 Å². The molecule has 0 radical (unpaired) electrons. The quantitative estimate of drug-likeness (QED) is 0.473. The van der Waals surface area contributed by atoms with E-state index in [1.54, 1.807) is 6.08 Å². The van der Waals surface area contributed by atoms with Crippen molar-refractivity contribution in [1.29, 1.82) is 5.26 Å². The number of amides is 1. The maximum Gasteiger partial charge on any atom is 0.266 e. The third-order valence-electron chi connectivity index (χ3n) is 6.61. The molecule has 1 N–H and O–H groups in total. The highest BCUT2D eigenvalue weighted by molar-refractivity contribution is 6.10. The summed E-state index contributed by atoms with van der Waals surface area (Å²) in [4.78, 5) is 15.3. The first-order chi connectivity index (χ1) is 14.6. The van der Waals surface area contributed by atoms with Crippen molar-refractivity contribution in [1.82, 2.24) is 0 Å². The van der Waals surface area contributed by atoms with Crippen molar-refractivity contribution < 1.29 is 4.79 Å². The Balaban J connectivity index is 1.98. The second-order valence-electron chi connectivity index (χ2n) is 9.30. The van der Waals surface area contributed by atoms with Crippen LogP contribution < -0.4 is 10.2 Å². The van der Waals surface area contributed by atoms with Crippen LogP contribution in [0, 0.1) is 32.1 Å². The maximum atomic E-state index is 12.8. The van der Waals surface area contributed by atoms with Gasteiger partial charge in [-0.05, 0) is 106 Å². The summed E-state index contributed by atoms with van der Waals surface area (Å²) >= 11 is 0. The largest absolute Gasteiger partial charge is 0.366 e. The first-order valence-corrected chi connectivity index (χ1v) is 11.0. The number of nitriles is 1. The minimum Gasteiger partial charge on any atom is -0.366 e. The molecule has 1 aliphatic rings. The molecule has 3 rings (SSSR count). The number of fused-ring (bicyclic) bond motifs is 1. The van der Waals surface area contributed by atoms with Crippen LogP contribution in [0.2, 0.25) is 0 Å². The fourth-order valence-electron chi connectivity index (χ4n) is 4.79. The minimum absolute atomic E-state index is 0.105. The number of aryl methyl sites for hydroxylation is 2. The van der Waals surface area contributed by atoms with Gasteiger partial charge in [-0.3, -0.25) is 4.79 Å². The summed E-state index contributed by atoms with van der Waals surface area (Å²) in [6.07, 6.45) is 2.79. The highest BCUT2D eigenvalue weighted by Gasteiger charge is 2.35. The van der Waals surface area contributed by atoms with Crippen LogP contribution in [0.3, 0.4) is 0 Å². The number of nitrogens with zero attached hydrogens (tertiary/aromatic N) is 2. The van der Waals surface area contributed by atoms with Gasteiger partial charge in [-0.15, -0.1) is 0 Å². The summed E-state index contributed by atoms with van der Waals surface area (Å²) < 4.78 is 0. The molecular weight excluding hydrogens is 382 g/mol. The number of nitrogens with one attached hydrogen (secondary N) is 1. The Morgan fingerprint density at radius 1 is 1.26 bits per heavy atom. The summed E-state index contributed by atoms with van der Waals surface area (Å²) in [5.74, 6) is 0.0348. The number of benzene rings is 2. The third-order valence-corrected chi connectivity index (χ3v) is 6.61. The number of hydrogen-bond acceptors (Lipinski definition) is 3. The zero-order chi connectivity index (χ0) is 22.9. The average molecular weight is 416 g/mol. The molecule has 1 atom stereocenters. The van der Waals surface area contributed by atoms with Gasteiger partial charge < -0.3 is 10.2 Å². The van der Waals surface area contributed by atoms with Crippen molar-refractivity contribution in [2.24, 2.45) is 0 Å². The molecule has 0 unspecified atom stereocenters. The van der Waals surface area contributed by atoms with Crippen molar-refractivity contribution >= 4 is 23.4 Å². The molecule has 1 amide bonds. The first-order valence-electron chi connectivity index (χ1n) is 11.0. The lowest BCUT2D eigenvalue weighted by molar-refractivity contribution is -0.112.